The number of carbonyl (C=O) groups is 1. The predicted octanol–water partition coefficient (Wildman–Crippen LogP) is 3.07. The molecule has 0 aromatic carbocycles. The van der Waals surface area contributed by atoms with Gasteiger partial charge >= 0.3 is 0 Å². The molecule has 1 amide bonds. The largest absolute Gasteiger partial charge is 0.395 e. The molecule has 31 heavy (non-hydrogen) atoms. The Morgan fingerprint density at radius 1 is 1.29 bits per heavy atom. The fourth-order valence-electron chi connectivity index (χ4n) is 3.23. The molecule has 1 aliphatic rings. The number of thiazole rings is 1. The van der Waals surface area contributed by atoms with Gasteiger partial charge in [0, 0.05) is 38.8 Å². The highest BCUT2D eigenvalue weighted by Gasteiger charge is 2.19. The average molecular weight is 480 g/mol. The van der Waals surface area contributed by atoms with Crippen LogP contribution in [0, 0.1) is 6.92 Å². The van der Waals surface area contributed by atoms with Crippen LogP contribution in [0.3, 0.4) is 0 Å². The maximum atomic E-state index is 12.4. The summed E-state index contributed by atoms with van der Waals surface area (Å²) in [6, 6.07) is 3.65. The molecule has 1 aliphatic heterocycles. The zero-order valence-corrected chi connectivity index (χ0v) is 19.2. The van der Waals surface area contributed by atoms with Crippen molar-refractivity contribution in [1.82, 2.24) is 19.9 Å². The highest BCUT2D eigenvalue weighted by molar-refractivity contribution is 7.17. The van der Waals surface area contributed by atoms with Crippen LogP contribution in [0.25, 0.3) is 0 Å². The molecule has 0 atom stereocenters. The van der Waals surface area contributed by atoms with Gasteiger partial charge in [-0.25, -0.2) is 15.0 Å². The van der Waals surface area contributed by atoms with E-state index in [-0.39, 0.29) is 12.5 Å². The molecule has 9 nitrogen and oxygen atoms in total. The molecule has 3 aromatic heterocycles. The number of aliphatic hydroxyl groups is 1. The van der Waals surface area contributed by atoms with Gasteiger partial charge in [-0.15, -0.1) is 11.3 Å². The molecular weight excluding hydrogens is 458 g/mol. The number of aliphatic hydroxyl groups excluding tert-OH is 1. The number of halogens is 1. The third kappa shape index (κ3) is 5.49. The van der Waals surface area contributed by atoms with E-state index in [1.807, 2.05) is 18.4 Å². The lowest BCUT2D eigenvalue weighted by molar-refractivity contribution is 0.103. The summed E-state index contributed by atoms with van der Waals surface area (Å²) < 4.78 is 0.539. The summed E-state index contributed by atoms with van der Waals surface area (Å²) in [5.41, 5.74) is 0.592. The van der Waals surface area contributed by atoms with Crippen molar-refractivity contribution in [2.24, 2.45) is 0 Å². The fraction of sp³-hybridized carbons (Fsp3) is 0.368. The molecule has 0 bridgehead atoms. The molecule has 3 N–H and O–H groups in total. The summed E-state index contributed by atoms with van der Waals surface area (Å²) >= 11 is 8.65. The number of amides is 1. The van der Waals surface area contributed by atoms with E-state index in [2.05, 4.69) is 35.4 Å². The van der Waals surface area contributed by atoms with Crippen molar-refractivity contribution in [3.8, 4) is 0 Å². The molecule has 4 heterocycles. The van der Waals surface area contributed by atoms with E-state index in [0.717, 1.165) is 32.0 Å². The Kier molecular flexibility index (Phi) is 6.98. The van der Waals surface area contributed by atoms with Crippen LogP contribution in [-0.4, -0.2) is 70.2 Å². The number of aromatic nitrogens is 3. The zero-order chi connectivity index (χ0) is 21.8. The lowest BCUT2D eigenvalue weighted by Gasteiger charge is -2.35. The van der Waals surface area contributed by atoms with E-state index in [9.17, 15) is 4.79 Å². The molecular formula is C19H22ClN7O2S2. The van der Waals surface area contributed by atoms with Crippen molar-refractivity contribution in [1.29, 1.82) is 0 Å². The Morgan fingerprint density at radius 2 is 2.10 bits per heavy atom. The van der Waals surface area contributed by atoms with Gasteiger partial charge in [0.2, 0.25) is 0 Å². The smallest absolute Gasteiger partial charge is 0.267 e. The van der Waals surface area contributed by atoms with Crippen LogP contribution < -0.4 is 15.5 Å². The topological polar surface area (TPSA) is 107 Å². The lowest BCUT2D eigenvalue weighted by atomic mass is 10.3. The Balaban J connectivity index is 1.42. The Labute approximate surface area is 192 Å². The number of nitrogens with zero attached hydrogens (tertiary/aromatic N) is 5. The van der Waals surface area contributed by atoms with E-state index in [4.69, 9.17) is 16.7 Å². The van der Waals surface area contributed by atoms with Crippen LogP contribution in [0.1, 0.15) is 15.5 Å². The van der Waals surface area contributed by atoms with Crippen LogP contribution in [0.4, 0.5) is 22.5 Å². The van der Waals surface area contributed by atoms with Gasteiger partial charge < -0.3 is 20.6 Å². The van der Waals surface area contributed by atoms with E-state index in [1.165, 1.54) is 28.9 Å². The number of hydrogen-bond donors (Lipinski definition) is 3. The number of hydrogen-bond acceptors (Lipinski definition) is 10. The van der Waals surface area contributed by atoms with Crippen molar-refractivity contribution in [3.63, 3.8) is 0 Å². The van der Waals surface area contributed by atoms with Gasteiger partial charge in [-0.1, -0.05) is 22.9 Å². The maximum absolute atomic E-state index is 12.4. The average Bonchev–Trinajstić information content (AvgIpc) is 3.37. The van der Waals surface area contributed by atoms with Crippen molar-refractivity contribution >= 4 is 62.6 Å². The summed E-state index contributed by atoms with van der Waals surface area (Å²) in [7, 11) is 0. The molecule has 1 fully saturated rings. The van der Waals surface area contributed by atoms with Gasteiger partial charge in [0.25, 0.3) is 5.91 Å². The second-order valence-electron chi connectivity index (χ2n) is 6.93. The molecule has 164 valence electrons. The predicted molar refractivity (Wildman–Crippen MR) is 125 cm³/mol. The van der Waals surface area contributed by atoms with Crippen molar-refractivity contribution in [2.75, 3.05) is 54.9 Å². The van der Waals surface area contributed by atoms with E-state index in [0.29, 0.717) is 38.2 Å². The van der Waals surface area contributed by atoms with Crippen LogP contribution in [0.15, 0.2) is 23.7 Å². The van der Waals surface area contributed by atoms with Crippen molar-refractivity contribution in [2.45, 2.75) is 6.92 Å². The summed E-state index contributed by atoms with van der Waals surface area (Å²) in [6.45, 7) is 6.15. The van der Waals surface area contributed by atoms with E-state index in [1.54, 1.807) is 6.07 Å². The standard InChI is InChI=1S/C19H22ClN7O2S2/c1-12-22-15(10-16(23-12)27-5-3-26(4-6-27)7-8-28)25-19-21-11-14(31-19)18(29)24-13-2-9-30-17(13)20/h2,9-11,28H,3-8H2,1H3,(H,24,29)(H,21,22,23,25). The molecule has 0 spiro atoms. The minimum Gasteiger partial charge on any atom is -0.395 e. The van der Waals surface area contributed by atoms with Gasteiger partial charge in [0.1, 0.15) is 26.7 Å². The number of carbonyl (C=O) groups excluding carboxylic acids is 1. The van der Waals surface area contributed by atoms with Crippen molar-refractivity contribution < 1.29 is 9.90 Å². The Bertz CT molecular complexity index is 1050. The van der Waals surface area contributed by atoms with Crippen LogP contribution in [0.2, 0.25) is 4.34 Å². The minimum absolute atomic E-state index is 0.175. The first-order valence-electron chi connectivity index (χ1n) is 9.73. The van der Waals surface area contributed by atoms with Gasteiger partial charge in [-0.05, 0) is 18.4 Å². The first-order valence-corrected chi connectivity index (χ1v) is 11.8. The number of piperazine rings is 1. The summed E-state index contributed by atoms with van der Waals surface area (Å²) in [6.07, 6.45) is 1.53. The summed E-state index contributed by atoms with van der Waals surface area (Å²) in [5, 5.41) is 17.5. The second kappa shape index (κ2) is 9.88. The number of thiophene rings is 1. The van der Waals surface area contributed by atoms with Gasteiger partial charge in [-0.2, -0.15) is 0 Å². The molecule has 0 saturated carbocycles. The summed E-state index contributed by atoms with van der Waals surface area (Å²) in [4.78, 5) is 30.7. The monoisotopic (exact) mass is 479 g/mol. The third-order valence-corrected chi connectivity index (χ3v) is 6.85. The van der Waals surface area contributed by atoms with Crippen LogP contribution >= 0.6 is 34.3 Å². The second-order valence-corrected chi connectivity index (χ2v) is 9.48. The molecule has 1 saturated heterocycles. The zero-order valence-electron chi connectivity index (χ0n) is 16.8. The fourth-order valence-corrected chi connectivity index (χ4v) is 4.78. The molecule has 4 rings (SSSR count). The van der Waals surface area contributed by atoms with Crippen LogP contribution in [0.5, 0.6) is 0 Å². The Hall–Kier alpha value is -2.31. The first kappa shape index (κ1) is 21.9. The van der Waals surface area contributed by atoms with Gasteiger partial charge in [0.15, 0.2) is 5.13 Å². The van der Waals surface area contributed by atoms with E-state index < -0.39 is 0 Å². The van der Waals surface area contributed by atoms with Crippen LogP contribution in [-0.2, 0) is 0 Å². The molecule has 12 heteroatoms. The number of nitrogens with one attached hydrogen (secondary N) is 2. The first-order chi connectivity index (χ1) is 15.0. The highest BCUT2D eigenvalue weighted by Crippen LogP contribution is 2.29. The number of anilines is 4. The number of aryl methyl sites for hydroxylation is 1. The number of rotatable bonds is 7. The van der Waals surface area contributed by atoms with Crippen molar-refractivity contribution in [3.05, 3.63) is 38.7 Å². The van der Waals surface area contributed by atoms with Gasteiger partial charge in [-0.3, -0.25) is 9.69 Å². The molecule has 0 radical (unpaired) electrons. The highest BCUT2D eigenvalue weighted by atomic mass is 35.5. The maximum Gasteiger partial charge on any atom is 0.267 e. The third-order valence-electron chi connectivity index (χ3n) is 4.77. The lowest BCUT2D eigenvalue weighted by Crippen LogP contribution is -2.47. The SMILES string of the molecule is Cc1nc(Nc2ncc(C(=O)Nc3ccsc3Cl)s2)cc(N2CCN(CCO)CC2)n1. The molecule has 3 aromatic rings. The quantitative estimate of drug-likeness (QED) is 0.474. The molecule has 0 unspecified atom stereocenters. The Morgan fingerprint density at radius 3 is 2.81 bits per heavy atom. The number of β-amino-alcohol motifs (C(OH)–C–C–N with tert-alkyl or cyclic N) is 1. The van der Waals surface area contributed by atoms with Gasteiger partial charge in [0.05, 0.1) is 18.5 Å². The molecule has 0 aliphatic carbocycles. The van der Waals surface area contributed by atoms with E-state index >= 15 is 0 Å². The minimum atomic E-state index is -0.258. The normalized spacial score (nSPS) is 14.6. The summed E-state index contributed by atoms with van der Waals surface area (Å²) in [5.74, 6) is 1.87.